The summed E-state index contributed by atoms with van der Waals surface area (Å²) in [5.41, 5.74) is 5.84. The quantitative estimate of drug-likeness (QED) is 0.780. The number of nitrogens with two attached hydrogens (primary N) is 1. The maximum atomic E-state index is 11.9. The summed E-state index contributed by atoms with van der Waals surface area (Å²) in [4.78, 5) is 12.7. The number of hydrogen-bond donors (Lipinski definition) is 1. The van der Waals surface area contributed by atoms with E-state index in [0.717, 1.165) is 22.4 Å². The normalized spacial score (nSPS) is 12.0. The Bertz CT molecular complexity index is 426. The van der Waals surface area contributed by atoms with E-state index < -0.39 is 6.04 Å². The second-order valence-corrected chi connectivity index (χ2v) is 5.89. The molecular formula is C13H19NO3S2. The molecule has 0 saturated heterocycles. The van der Waals surface area contributed by atoms with Gasteiger partial charge in [0.2, 0.25) is 5.12 Å². The van der Waals surface area contributed by atoms with E-state index in [4.69, 9.17) is 15.2 Å². The minimum absolute atomic E-state index is 0.0266. The van der Waals surface area contributed by atoms with Crippen molar-refractivity contribution in [2.45, 2.75) is 17.4 Å². The van der Waals surface area contributed by atoms with Gasteiger partial charge in [-0.15, -0.1) is 0 Å². The smallest absolute Gasteiger partial charge is 0.210 e. The van der Waals surface area contributed by atoms with Gasteiger partial charge in [-0.2, -0.15) is 11.8 Å². The molecule has 0 aliphatic rings. The van der Waals surface area contributed by atoms with Gasteiger partial charge in [-0.1, -0.05) is 11.8 Å². The van der Waals surface area contributed by atoms with Gasteiger partial charge in [0.15, 0.2) is 11.5 Å². The largest absolute Gasteiger partial charge is 0.493 e. The second kappa shape index (κ2) is 8.35. The maximum absolute atomic E-state index is 11.9. The SMILES string of the molecule is COc1ccc(SC(=O)[C@H](N)CCSC)cc1OC. The Labute approximate surface area is 122 Å². The highest BCUT2D eigenvalue weighted by atomic mass is 32.2. The Balaban J connectivity index is 2.69. The molecule has 106 valence electrons. The number of methoxy groups -OCH3 is 2. The number of hydrogen-bond acceptors (Lipinski definition) is 6. The molecule has 0 aliphatic heterocycles. The molecule has 0 heterocycles. The van der Waals surface area contributed by atoms with Crippen molar-refractivity contribution in [1.82, 2.24) is 0 Å². The summed E-state index contributed by atoms with van der Waals surface area (Å²) in [5, 5.41) is -0.0266. The molecule has 0 radical (unpaired) electrons. The van der Waals surface area contributed by atoms with E-state index in [2.05, 4.69) is 0 Å². The van der Waals surface area contributed by atoms with Gasteiger partial charge >= 0.3 is 0 Å². The van der Waals surface area contributed by atoms with Crippen molar-refractivity contribution in [3.8, 4) is 11.5 Å². The Hall–Kier alpha value is -0.850. The Morgan fingerprint density at radius 2 is 2.00 bits per heavy atom. The van der Waals surface area contributed by atoms with Gasteiger partial charge < -0.3 is 15.2 Å². The molecule has 1 atom stereocenters. The molecule has 0 aliphatic carbocycles. The van der Waals surface area contributed by atoms with E-state index >= 15 is 0 Å². The average molecular weight is 301 g/mol. The molecule has 0 fully saturated rings. The van der Waals surface area contributed by atoms with Crippen molar-refractivity contribution in [2.75, 3.05) is 26.2 Å². The first-order valence-electron chi connectivity index (χ1n) is 5.80. The fraction of sp³-hybridized carbons (Fsp3) is 0.462. The van der Waals surface area contributed by atoms with Crippen molar-refractivity contribution >= 4 is 28.6 Å². The van der Waals surface area contributed by atoms with Crippen LogP contribution in [-0.2, 0) is 4.79 Å². The monoisotopic (exact) mass is 301 g/mol. The van der Waals surface area contributed by atoms with Crippen LogP contribution in [0.25, 0.3) is 0 Å². The molecule has 0 saturated carbocycles. The predicted molar refractivity (Wildman–Crippen MR) is 81.4 cm³/mol. The Morgan fingerprint density at radius 1 is 1.32 bits per heavy atom. The molecule has 6 heteroatoms. The number of carbonyl (C=O) groups is 1. The lowest BCUT2D eigenvalue weighted by atomic mass is 10.3. The standard InChI is InChI=1S/C13H19NO3S2/c1-16-11-5-4-9(8-12(11)17-2)19-13(15)10(14)6-7-18-3/h4-5,8,10H,6-7,14H2,1-3H3/t10-/m1/s1. The zero-order valence-electron chi connectivity index (χ0n) is 11.3. The zero-order chi connectivity index (χ0) is 14.3. The molecule has 1 rings (SSSR count). The maximum Gasteiger partial charge on any atom is 0.210 e. The summed E-state index contributed by atoms with van der Waals surface area (Å²) in [6.07, 6.45) is 2.69. The molecule has 0 bridgehead atoms. The Kier molecular flexibility index (Phi) is 7.12. The zero-order valence-corrected chi connectivity index (χ0v) is 13.0. The van der Waals surface area contributed by atoms with Crippen LogP contribution < -0.4 is 15.2 Å². The molecule has 1 aromatic carbocycles. The van der Waals surface area contributed by atoms with Crippen LogP contribution in [0.5, 0.6) is 11.5 Å². The summed E-state index contributed by atoms with van der Waals surface area (Å²) in [6, 6.07) is 4.96. The lowest BCUT2D eigenvalue weighted by Gasteiger charge is -2.11. The average Bonchev–Trinajstić information content (AvgIpc) is 2.44. The van der Waals surface area contributed by atoms with Gasteiger partial charge in [0.05, 0.1) is 20.3 Å². The fourth-order valence-corrected chi connectivity index (χ4v) is 2.73. The fourth-order valence-electron chi connectivity index (χ4n) is 1.43. The summed E-state index contributed by atoms with van der Waals surface area (Å²) >= 11 is 2.83. The van der Waals surface area contributed by atoms with E-state index in [0.29, 0.717) is 17.9 Å². The van der Waals surface area contributed by atoms with Crippen LogP contribution in [0, 0.1) is 0 Å². The molecule has 1 aromatic rings. The van der Waals surface area contributed by atoms with Crippen molar-refractivity contribution in [1.29, 1.82) is 0 Å². The van der Waals surface area contributed by atoms with Crippen LogP contribution in [0.4, 0.5) is 0 Å². The summed E-state index contributed by atoms with van der Waals surface area (Å²) < 4.78 is 10.3. The highest BCUT2D eigenvalue weighted by molar-refractivity contribution is 8.13. The molecule has 4 nitrogen and oxygen atoms in total. The van der Waals surface area contributed by atoms with Gasteiger partial charge in [-0.3, -0.25) is 4.79 Å². The first kappa shape index (κ1) is 16.2. The topological polar surface area (TPSA) is 61.5 Å². The number of carbonyl (C=O) groups excluding carboxylic acids is 1. The van der Waals surface area contributed by atoms with Crippen molar-refractivity contribution < 1.29 is 14.3 Å². The van der Waals surface area contributed by atoms with Crippen molar-refractivity contribution in [3.05, 3.63) is 18.2 Å². The van der Waals surface area contributed by atoms with Crippen LogP contribution in [0.15, 0.2) is 23.1 Å². The number of benzene rings is 1. The second-order valence-electron chi connectivity index (χ2n) is 3.83. The van der Waals surface area contributed by atoms with Crippen LogP contribution >= 0.6 is 23.5 Å². The molecule has 0 spiro atoms. The molecule has 0 amide bonds. The summed E-state index contributed by atoms with van der Waals surface area (Å²) in [7, 11) is 3.15. The van der Waals surface area contributed by atoms with Gasteiger partial charge in [0.25, 0.3) is 0 Å². The third-order valence-electron chi connectivity index (χ3n) is 2.51. The predicted octanol–water partition coefficient (Wildman–Crippen LogP) is 2.40. The van der Waals surface area contributed by atoms with Crippen molar-refractivity contribution in [3.63, 3.8) is 0 Å². The van der Waals surface area contributed by atoms with Gasteiger partial charge in [-0.05, 0) is 36.6 Å². The first-order chi connectivity index (χ1) is 9.12. The lowest BCUT2D eigenvalue weighted by molar-refractivity contribution is -0.112. The van der Waals surface area contributed by atoms with E-state index in [9.17, 15) is 4.79 Å². The Morgan fingerprint density at radius 3 is 2.58 bits per heavy atom. The number of thioether (sulfide) groups is 2. The molecule has 0 aromatic heterocycles. The first-order valence-corrected chi connectivity index (χ1v) is 8.01. The third kappa shape index (κ3) is 4.97. The van der Waals surface area contributed by atoms with E-state index in [1.54, 1.807) is 38.1 Å². The van der Waals surface area contributed by atoms with Crippen LogP contribution in [0.1, 0.15) is 6.42 Å². The summed E-state index contributed by atoms with van der Waals surface area (Å²) in [5.74, 6) is 2.14. The van der Waals surface area contributed by atoms with E-state index in [-0.39, 0.29) is 5.12 Å². The summed E-state index contributed by atoms with van der Waals surface area (Å²) in [6.45, 7) is 0. The van der Waals surface area contributed by atoms with Gasteiger partial charge in [-0.25, -0.2) is 0 Å². The molecular weight excluding hydrogens is 282 g/mol. The van der Waals surface area contributed by atoms with Crippen LogP contribution in [-0.4, -0.2) is 37.4 Å². The number of rotatable bonds is 7. The molecule has 0 unspecified atom stereocenters. The van der Waals surface area contributed by atoms with Gasteiger partial charge in [0, 0.05) is 4.90 Å². The van der Waals surface area contributed by atoms with Crippen LogP contribution in [0.3, 0.4) is 0 Å². The highest BCUT2D eigenvalue weighted by Gasteiger charge is 2.15. The van der Waals surface area contributed by atoms with E-state index in [1.807, 2.05) is 12.3 Å². The van der Waals surface area contributed by atoms with Gasteiger partial charge in [0.1, 0.15) is 0 Å². The van der Waals surface area contributed by atoms with Crippen molar-refractivity contribution in [2.24, 2.45) is 5.73 Å². The van der Waals surface area contributed by atoms with E-state index in [1.165, 1.54) is 0 Å². The van der Waals surface area contributed by atoms with Crippen LogP contribution in [0.2, 0.25) is 0 Å². The minimum atomic E-state index is -0.425. The lowest BCUT2D eigenvalue weighted by Crippen LogP contribution is -2.28. The molecule has 19 heavy (non-hydrogen) atoms. The molecule has 2 N–H and O–H groups in total. The highest BCUT2D eigenvalue weighted by Crippen LogP contribution is 2.32. The third-order valence-corrected chi connectivity index (χ3v) is 4.15. The minimum Gasteiger partial charge on any atom is -0.493 e. The number of ether oxygens (including phenoxy) is 2.